The molecule has 0 unspecified atom stereocenters. The Morgan fingerprint density at radius 2 is 2.05 bits per heavy atom. The number of hydrogen-bond acceptors (Lipinski definition) is 2. The van der Waals surface area contributed by atoms with E-state index in [2.05, 4.69) is 10.3 Å². The Labute approximate surface area is 114 Å². The van der Waals surface area contributed by atoms with Crippen LogP contribution in [-0.4, -0.2) is 22.0 Å². The molecular formula is C13H11ClN2O3. The average Bonchev–Trinajstić information content (AvgIpc) is 2.78. The van der Waals surface area contributed by atoms with E-state index in [9.17, 15) is 9.59 Å². The number of aromatic carboxylic acids is 1. The summed E-state index contributed by atoms with van der Waals surface area (Å²) in [4.78, 5) is 25.7. The van der Waals surface area contributed by atoms with E-state index in [1.807, 2.05) is 0 Å². The number of H-pyrrole nitrogens is 1. The largest absolute Gasteiger partial charge is 0.478 e. The number of carboxylic acids is 1. The molecule has 2 rings (SSSR count). The Kier molecular flexibility index (Phi) is 3.57. The van der Waals surface area contributed by atoms with Crippen LogP contribution in [0.25, 0.3) is 0 Å². The molecule has 5 nitrogen and oxygen atoms in total. The number of aromatic nitrogens is 1. The first-order valence-corrected chi connectivity index (χ1v) is 5.84. The van der Waals surface area contributed by atoms with Crippen molar-refractivity contribution in [2.75, 3.05) is 5.32 Å². The number of carbonyl (C=O) groups excluding carboxylic acids is 1. The molecule has 0 aliphatic rings. The zero-order valence-electron chi connectivity index (χ0n) is 10.0. The highest BCUT2D eigenvalue weighted by atomic mass is 35.5. The standard InChI is InChI=1S/C13H11ClN2O3/c1-7-2-3-10(9(4-7)13(18)19)16-12(17)11-5-8(14)6-15-11/h2-6,15H,1H3,(H,16,17)(H,18,19). The monoisotopic (exact) mass is 278 g/mol. The quantitative estimate of drug-likeness (QED) is 0.807. The van der Waals surface area contributed by atoms with Crippen LogP contribution in [0.5, 0.6) is 0 Å². The maximum atomic E-state index is 11.9. The van der Waals surface area contributed by atoms with E-state index in [0.717, 1.165) is 5.56 Å². The van der Waals surface area contributed by atoms with Crippen molar-refractivity contribution in [3.8, 4) is 0 Å². The number of aryl methyl sites for hydroxylation is 1. The summed E-state index contributed by atoms with van der Waals surface area (Å²) >= 11 is 5.70. The molecule has 0 saturated carbocycles. The third-order valence-corrected chi connectivity index (χ3v) is 2.76. The summed E-state index contributed by atoms with van der Waals surface area (Å²) < 4.78 is 0. The number of carbonyl (C=O) groups is 2. The summed E-state index contributed by atoms with van der Waals surface area (Å²) in [6, 6.07) is 6.25. The summed E-state index contributed by atoms with van der Waals surface area (Å²) in [5, 5.41) is 12.0. The predicted octanol–water partition coefficient (Wildman–Crippen LogP) is 2.93. The van der Waals surface area contributed by atoms with Gasteiger partial charge in [-0.1, -0.05) is 23.2 Å². The molecule has 6 heteroatoms. The van der Waals surface area contributed by atoms with Crippen LogP contribution in [0.2, 0.25) is 5.02 Å². The summed E-state index contributed by atoms with van der Waals surface area (Å²) in [5.74, 6) is -1.54. The van der Waals surface area contributed by atoms with Crippen LogP contribution >= 0.6 is 11.6 Å². The Hall–Kier alpha value is -2.27. The highest BCUT2D eigenvalue weighted by molar-refractivity contribution is 6.31. The van der Waals surface area contributed by atoms with Crippen molar-refractivity contribution in [1.29, 1.82) is 0 Å². The summed E-state index contributed by atoms with van der Waals surface area (Å²) in [6.45, 7) is 1.78. The molecule has 1 aromatic carbocycles. The number of aromatic amines is 1. The van der Waals surface area contributed by atoms with E-state index < -0.39 is 11.9 Å². The molecular weight excluding hydrogens is 268 g/mol. The first kappa shape index (κ1) is 13.2. The molecule has 0 saturated heterocycles. The third-order valence-electron chi connectivity index (χ3n) is 2.55. The normalized spacial score (nSPS) is 10.2. The molecule has 0 aliphatic carbocycles. The van der Waals surface area contributed by atoms with Gasteiger partial charge in [0.25, 0.3) is 5.91 Å². The molecule has 98 valence electrons. The van der Waals surface area contributed by atoms with Gasteiger partial charge >= 0.3 is 5.97 Å². The lowest BCUT2D eigenvalue weighted by atomic mass is 10.1. The molecule has 0 spiro atoms. The number of amides is 1. The minimum Gasteiger partial charge on any atom is -0.478 e. The van der Waals surface area contributed by atoms with Crippen LogP contribution in [0.4, 0.5) is 5.69 Å². The van der Waals surface area contributed by atoms with Crippen molar-refractivity contribution in [3.63, 3.8) is 0 Å². The molecule has 0 fully saturated rings. The van der Waals surface area contributed by atoms with E-state index in [4.69, 9.17) is 16.7 Å². The van der Waals surface area contributed by atoms with Crippen molar-refractivity contribution >= 4 is 29.2 Å². The third kappa shape index (κ3) is 2.95. The van der Waals surface area contributed by atoms with Crippen LogP contribution in [-0.2, 0) is 0 Å². The van der Waals surface area contributed by atoms with E-state index >= 15 is 0 Å². The molecule has 0 atom stereocenters. The number of hydrogen-bond donors (Lipinski definition) is 3. The molecule has 0 radical (unpaired) electrons. The Morgan fingerprint density at radius 1 is 1.32 bits per heavy atom. The van der Waals surface area contributed by atoms with Crippen LogP contribution in [0.3, 0.4) is 0 Å². The molecule has 1 amide bonds. The summed E-state index contributed by atoms with van der Waals surface area (Å²) in [7, 11) is 0. The summed E-state index contributed by atoms with van der Waals surface area (Å²) in [6.07, 6.45) is 1.48. The zero-order valence-corrected chi connectivity index (χ0v) is 10.8. The van der Waals surface area contributed by atoms with Crippen molar-refractivity contribution in [1.82, 2.24) is 4.98 Å². The molecule has 1 heterocycles. The van der Waals surface area contributed by atoms with E-state index in [1.54, 1.807) is 19.1 Å². The SMILES string of the molecule is Cc1ccc(NC(=O)c2cc(Cl)c[nH]2)c(C(=O)O)c1. The van der Waals surface area contributed by atoms with Gasteiger partial charge in [-0.25, -0.2) is 4.79 Å². The van der Waals surface area contributed by atoms with Gasteiger partial charge in [0.05, 0.1) is 16.3 Å². The molecule has 0 bridgehead atoms. The lowest BCUT2D eigenvalue weighted by Crippen LogP contribution is -2.15. The van der Waals surface area contributed by atoms with Crippen LogP contribution in [0, 0.1) is 6.92 Å². The van der Waals surface area contributed by atoms with Gasteiger partial charge in [0.1, 0.15) is 5.69 Å². The van der Waals surface area contributed by atoms with Gasteiger partial charge in [0.2, 0.25) is 0 Å². The van der Waals surface area contributed by atoms with Crippen molar-refractivity contribution < 1.29 is 14.7 Å². The molecule has 0 aliphatic heterocycles. The van der Waals surface area contributed by atoms with E-state index in [1.165, 1.54) is 18.3 Å². The average molecular weight is 279 g/mol. The maximum absolute atomic E-state index is 11.9. The molecule has 1 aromatic heterocycles. The van der Waals surface area contributed by atoms with Gasteiger partial charge in [-0.05, 0) is 25.1 Å². The highest BCUT2D eigenvalue weighted by Crippen LogP contribution is 2.19. The van der Waals surface area contributed by atoms with E-state index in [-0.39, 0.29) is 16.9 Å². The maximum Gasteiger partial charge on any atom is 0.337 e. The smallest absolute Gasteiger partial charge is 0.337 e. The number of halogens is 1. The second-order valence-corrected chi connectivity index (χ2v) is 4.48. The second-order valence-electron chi connectivity index (χ2n) is 4.04. The highest BCUT2D eigenvalue weighted by Gasteiger charge is 2.14. The Bertz CT molecular complexity index is 649. The number of benzene rings is 1. The van der Waals surface area contributed by atoms with Crippen molar-refractivity contribution in [2.24, 2.45) is 0 Å². The summed E-state index contributed by atoms with van der Waals surface area (Å²) in [5.41, 5.74) is 1.36. The van der Waals surface area contributed by atoms with Gasteiger partial charge < -0.3 is 15.4 Å². The van der Waals surface area contributed by atoms with Gasteiger partial charge in [-0.2, -0.15) is 0 Å². The minimum atomic E-state index is -1.09. The van der Waals surface area contributed by atoms with Crippen LogP contribution in [0.1, 0.15) is 26.4 Å². The zero-order chi connectivity index (χ0) is 14.0. The number of nitrogens with one attached hydrogen (secondary N) is 2. The van der Waals surface area contributed by atoms with Crippen LogP contribution in [0.15, 0.2) is 30.5 Å². The minimum absolute atomic E-state index is 0.0472. The number of rotatable bonds is 3. The first-order chi connectivity index (χ1) is 8.97. The predicted molar refractivity (Wildman–Crippen MR) is 71.9 cm³/mol. The number of anilines is 1. The topological polar surface area (TPSA) is 82.2 Å². The molecule has 2 aromatic rings. The van der Waals surface area contributed by atoms with E-state index in [0.29, 0.717) is 5.02 Å². The molecule has 3 N–H and O–H groups in total. The van der Waals surface area contributed by atoms with Crippen molar-refractivity contribution in [3.05, 3.63) is 52.3 Å². The van der Waals surface area contributed by atoms with Gasteiger partial charge in [0.15, 0.2) is 0 Å². The fourth-order valence-corrected chi connectivity index (χ4v) is 1.80. The number of carboxylic acid groups (broad SMARTS) is 1. The fraction of sp³-hybridized carbons (Fsp3) is 0.0769. The Morgan fingerprint density at radius 3 is 2.63 bits per heavy atom. The molecule has 19 heavy (non-hydrogen) atoms. The van der Waals surface area contributed by atoms with Crippen LogP contribution < -0.4 is 5.32 Å². The Balaban J connectivity index is 2.28. The first-order valence-electron chi connectivity index (χ1n) is 5.46. The lowest BCUT2D eigenvalue weighted by Gasteiger charge is -2.08. The van der Waals surface area contributed by atoms with Gasteiger partial charge in [-0.3, -0.25) is 4.79 Å². The van der Waals surface area contributed by atoms with Crippen molar-refractivity contribution in [2.45, 2.75) is 6.92 Å². The van der Waals surface area contributed by atoms with Gasteiger partial charge in [-0.15, -0.1) is 0 Å². The van der Waals surface area contributed by atoms with Gasteiger partial charge in [0, 0.05) is 6.20 Å². The lowest BCUT2D eigenvalue weighted by molar-refractivity contribution is 0.0698. The second kappa shape index (κ2) is 5.16. The fourth-order valence-electron chi connectivity index (χ4n) is 1.63.